The van der Waals surface area contributed by atoms with Crippen LogP contribution in [0.25, 0.3) is 0 Å². The summed E-state index contributed by atoms with van der Waals surface area (Å²) in [4.78, 5) is 29.6. The second-order valence-corrected chi connectivity index (χ2v) is 9.67. The SMILES string of the molecule is C=C(F)C(=O)N(c1cccc(Cl)c1)C(C(=O)NCc1ccccc1)c1cccc([I-]C)c1. The summed E-state index contributed by atoms with van der Waals surface area (Å²) in [5, 5.41) is 3.25. The van der Waals surface area contributed by atoms with Gasteiger partial charge in [-0.05, 0) is 0 Å². The molecule has 4 nitrogen and oxygen atoms in total. The number of carbonyl (C=O) groups is 2. The van der Waals surface area contributed by atoms with Crippen LogP contribution in [-0.4, -0.2) is 16.7 Å². The Bertz CT molecular complexity index is 1120. The summed E-state index contributed by atoms with van der Waals surface area (Å²) in [6.07, 6.45) is 0. The number of nitrogens with one attached hydrogen (secondary N) is 1. The molecule has 2 amide bonds. The fraction of sp³-hybridized carbons (Fsp3) is 0.120. The molecular formula is C25H22ClFIN2O2-. The van der Waals surface area contributed by atoms with Gasteiger partial charge in [0.05, 0.1) is 0 Å². The number of hydrogen-bond acceptors (Lipinski definition) is 2. The molecule has 0 saturated carbocycles. The number of hydrogen-bond donors (Lipinski definition) is 1. The fourth-order valence-corrected chi connectivity index (χ4v) is 4.66. The molecular weight excluding hydrogens is 542 g/mol. The second-order valence-electron chi connectivity index (χ2n) is 6.91. The summed E-state index contributed by atoms with van der Waals surface area (Å²) >= 11 is 5.89. The number of carbonyl (C=O) groups excluding carboxylic acids is 2. The number of alkyl halides is 1. The van der Waals surface area contributed by atoms with Gasteiger partial charge in [-0.1, -0.05) is 0 Å². The quantitative estimate of drug-likeness (QED) is 0.259. The zero-order valence-electron chi connectivity index (χ0n) is 17.4. The molecule has 1 N–H and O–H groups in total. The summed E-state index contributed by atoms with van der Waals surface area (Å²) in [7, 11) is 0. The summed E-state index contributed by atoms with van der Waals surface area (Å²) in [6, 6.07) is 22.2. The van der Waals surface area contributed by atoms with Crippen LogP contribution in [0.2, 0.25) is 5.02 Å². The van der Waals surface area contributed by atoms with Gasteiger partial charge in [-0.15, -0.1) is 0 Å². The van der Waals surface area contributed by atoms with Crippen LogP contribution >= 0.6 is 11.6 Å². The first-order valence-electron chi connectivity index (χ1n) is 9.75. The predicted octanol–water partition coefficient (Wildman–Crippen LogP) is 2.10. The van der Waals surface area contributed by atoms with Crippen LogP contribution in [0.5, 0.6) is 0 Å². The van der Waals surface area contributed by atoms with Crippen LogP contribution in [0.15, 0.2) is 91.3 Å². The normalized spacial score (nSPS) is 11.6. The zero-order valence-corrected chi connectivity index (χ0v) is 20.3. The minimum atomic E-state index is -1.16. The molecule has 0 saturated heterocycles. The first-order valence-corrected chi connectivity index (χ1v) is 13.4. The van der Waals surface area contributed by atoms with Crippen LogP contribution in [-0.2, 0) is 16.1 Å². The van der Waals surface area contributed by atoms with Crippen molar-refractivity contribution in [1.29, 1.82) is 0 Å². The first-order chi connectivity index (χ1) is 15.4. The van der Waals surface area contributed by atoms with Gasteiger partial charge in [0.15, 0.2) is 0 Å². The van der Waals surface area contributed by atoms with Gasteiger partial charge in [0.1, 0.15) is 0 Å². The molecule has 1 unspecified atom stereocenters. The summed E-state index contributed by atoms with van der Waals surface area (Å²) in [5.41, 5.74) is 1.80. The molecule has 0 spiro atoms. The molecule has 0 radical (unpaired) electrons. The van der Waals surface area contributed by atoms with E-state index in [1.54, 1.807) is 24.3 Å². The van der Waals surface area contributed by atoms with Crippen molar-refractivity contribution >= 4 is 29.1 Å². The van der Waals surface area contributed by atoms with Crippen LogP contribution in [0.4, 0.5) is 10.1 Å². The van der Waals surface area contributed by atoms with Crippen molar-refractivity contribution in [2.75, 3.05) is 9.83 Å². The van der Waals surface area contributed by atoms with Gasteiger partial charge in [0.2, 0.25) is 0 Å². The number of rotatable bonds is 8. The Morgan fingerprint density at radius 1 is 1.06 bits per heavy atom. The molecule has 3 aromatic rings. The summed E-state index contributed by atoms with van der Waals surface area (Å²) in [6.45, 7) is 3.44. The Morgan fingerprint density at radius 2 is 1.78 bits per heavy atom. The molecule has 3 rings (SSSR count). The number of amides is 2. The molecule has 1 atom stereocenters. The Balaban J connectivity index is 2.07. The van der Waals surface area contributed by atoms with E-state index in [0.29, 0.717) is 16.3 Å². The van der Waals surface area contributed by atoms with Gasteiger partial charge in [-0.25, -0.2) is 0 Å². The van der Waals surface area contributed by atoms with Gasteiger partial charge in [0.25, 0.3) is 0 Å². The maximum atomic E-state index is 14.1. The van der Waals surface area contributed by atoms with Crippen molar-refractivity contribution in [2.24, 2.45) is 0 Å². The van der Waals surface area contributed by atoms with Gasteiger partial charge < -0.3 is 0 Å². The average Bonchev–Trinajstić information content (AvgIpc) is 2.81. The van der Waals surface area contributed by atoms with E-state index in [1.807, 2.05) is 48.5 Å². The molecule has 0 aliphatic rings. The topological polar surface area (TPSA) is 49.4 Å². The number of benzene rings is 3. The molecule has 166 valence electrons. The number of nitrogens with zero attached hydrogens (tertiary/aromatic N) is 1. The van der Waals surface area contributed by atoms with Crippen molar-refractivity contribution in [2.45, 2.75) is 12.6 Å². The molecule has 3 aromatic carbocycles. The average molecular weight is 564 g/mol. The van der Waals surface area contributed by atoms with Crippen LogP contribution in [0.1, 0.15) is 17.2 Å². The standard InChI is InChI=1S/C25H22ClFIN2O2/c1-17(27)25(32)30(22-13-7-11-20(26)15-22)23(19-10-6-12-21(14-19)28-2)24(31)29-16-18-8-4-3-5-9-18/h3-15,23H,1,16H2,2H3,(H,29,31)/q-1. The molecule has 0 aliphatic heterocycles. The molecule has 0 fully saturated rings. The number of halogens is 3. The minimum absolute atomic E-state index is 0.255. The maximum absolute atomic E-state index is 14.1. The van der Waals surface area contributed by atoms with Crippen LogP contribution in [0.3, 0.4) is 0 Å². The van der Waals surface area contributed by atoms with Crippen molar-refractivity contribution in [3.05, 3.63) is 111 Å². The van der Waals surface area contributed by atoms with E-state index in [4.69, 9.17) is 11.6 Å². The third-order valence-corrected chi connectivity index (χ3v) is 6.89. The van der Waals surface area contributed by atoms with E-state index in [1.165, 1.54) is 6.07 Å². The van der Waals surface area contributed by atoms with Crippen molar-refractivity contribution < 1.29 is 35.2 Å². The monoisotopic (exact) mass is 563 g/mol. The second kappa shape index (κ2) is 11.2. The van der Waals surface area contributed by atoms with Crippen LogP contribution < -0.4 is 31.4 Å². The Labute approximate surface area is 202 Å². The van der Waals surface area contributed by atoms with E-state index in [9.17, 15) is 14.0 Å². The third kappa shape index (κ3) is 5.95. The summed E-state index contributed by atoms with van der Waals surface area (Å²) < 4.78 is 15.2. The first kappa shape index (κ1) is 23.9. The van der Waals surface area contributed by atoms with Crippen LogP contribution in [0, 0.1) is 3.57 Å². The molecule has 0 aliphatic carbocycles. The fourth-order valence-electron chi connectivity index (χ4n) is 3.23. The van der Waals surface area contributed by atoms with Gasteiger partial charge in [0, 0.05) is 0 Å². The van der Waals surface area contributed by atoms with Gasteiger partial charge >= 0.3 is 203 Å². The Hall–Kier alpha value is -2.71. The molecule has 0 aromatic heterocycles. The van der Waals surface area contributed by atoms with E-state index >= 15 is 0 Å². The Morgan fingerprint density at radius 3 is 2.44 bits per heavy atom. The predicted molar refractivity (Wildman–Crippen MR) is 121 cm³/mol. The zero-order chi connectivity index (χ0) is 23.1. The van der Waals surface area contributed by atoms with E-state index < -0.39 is 23.7 Å². The van der Waals surface area contributed by atoms with Gasteiger partial charge in [-0.2, -0.15) is 0 Å². The Kier molecular flexibility index (Phi) is 8.41. The number of anilines is 1. The third-order valence-electron chi connectivity index (χ3n) is 4.74. The van der Waals surface area contributed by atoms with E-state index in [-0.39, 0.29) is 27.7 Å². The van der Waals surface area contributed by atoms with E-state index in [0.717, 1.165) is 14.0 Å². The molecule has 7 heteroatoms. The summed E-state index contributed by atoms with van der Waals surface area (Å²) in [5.74, 6) is -2.59. The van der Waals surface area contributed by atoms with Crippen molar-refractivity contribution in [3.8, 4) is 0 Å². The molecule has 0 heterocycles. The molecule has 0 bridgehead atoms. The van der Waals surface area contributed by atoms with E-state index in [2.05, 4.69) is 16.8 Å². The van der Waals surface area contributed by atoms with Gasteiger partial charge in [-0.3, -0.25) is 0 Å². The van der Waals surface area contributed by atoms with Crippen molar-refractivity contribution in [3.63, 3.8) is 0 Å². The van der Waals surface area contributed by atoms with Crippen molar-refractivity contribution in [1.82, 2.24) is 5.32 Å². The molecule has 32 heavy (non-hydrogen) atoms.